The average Bonchev–Trinajstić information content (AvgIpc) is 2.85. The number of amides is 2. The van der Waals surface area contributed by atoms with Gasteiger partial charge in [0.2, 0.25) is 0 Å². The number of hydrogen-bond acceptors (Lipinski definition) is 6. The molecule has 4 rings (SSSR count). The highest BCUT2D eigenvalue weighted by Gasteiger charge is 2.17. The fourth-order valence-electron chi connectivity index (χ4n) is 4.31. The van der Waals surface area contributed by atoms with Gasteiger partial charge in [0.1, 0.15) is 5.82 Å². The van der Waals surface area contributed by atoms with Crippen molar-refractivity contribution in [3.05, 3.63) is 64.2 Å². The highest BCUT2D eigenvalue weighted by Crippen LogP contribution is 2.18. The lowest BCUT2D eigenvalue weighted by atomic mass is 10.1. The molecule has 2 heterocycles. The third kappa shape index (κ3) is 6.69. The number of methoxy groups -OCH3 is 1. The Morgan fingerprint density at radius 3 is 2.44 bits per heavy atom. The van der Waals surface area contributed by atoms with E-state index in [4.69, 9.17) is 9.72 Å². The zero-order chi connectivity index (χ0) is 24.8. The lowest BCUT2D eigenvalue weighted by Crippen LogP contribution is -2.34. The SMILES string of the molecule is COCCn1c(CN2CCCCC2)nc2ccc(NC(=O)Nc3cccc(C(C)=O)c3)cc2c1=O.Cl. The normalized spacial score (nSPS) is 13.7. The number of carbonyl (C=O) groups is 2. The molecule has 2 aromatic carbocycles. The summed E-state index contributed by atoms with van der Waals surface area (Å²) in [6.45, 7) is 4.92. The van der Waals surface area contributed by atoms with Gasteiger partial charge in [-0.05, 0) is 63.2 Å². The minimum atomic E-state index is -0.473. The van der Waals surface area contributed by atoms with Gasteiger partial charge in [0.15, 0.2) is 5.78 Å². The fraction of sp³-hybridized carbons (Fsp3) is 0.385. The molecular formula is C26H32ClN5O4. The van der Waals surface area contributed by atoms with E-state index in [1.54, 1.807) is 54.1 Å². The molecule has 3 aromatic rings. The van der Waals surface area contributed by atoms with Gasteiger partial charge in [-0.1, -0.05) is 18.6 Å². The standard InChI is InChI=1S/C26H31N5O4.ClH/c1-18(32)19-7-6-8-20(15-19)27-26(34)28-21-9-10-23-22(16-21)25(33)31(13-14-35-2)24(29-23)17-30-11-4-3-5-12-30;/h6-10,15-16H,3-5,11-14,17H2,1-2H3,(H2,27,28,34);1H. The molecule has 0 radical (unpaired) electrons. The van der Waals surface area contributed by atoms with Gasteiger partial charge in [0.25, 0.3) is 5.56 Å². The molecule has 1 fully saturated rings. The van der Waals surface area contributed by atoms with Crippen LogP contribution in [0.4, 0.5) is 16.2 Å². The number of nitrogens with zero attached hydrogens (tertiary/aromatic N) is 3. The maximum Gasteiger partial charge on any atom is 0.323 e. The van der Waals surface area contributed by atoms with Crippen molar-refractivity contribution in [2.45, 2.75) is 39.3 Å². The molecular weight excluding hydrogens is 482 g/mol. The average molecular weight is 514 g/mol. The highest BCUT2D eigenvalue weighted by atomic mass is 35.5. The summed E-state index contributed by atoms with van der Waals surface area (Å²) in [7, 11) is 1.61. The number of anilines is 2. The molecule has 1 aliphatic heterocycles. The van der Waals surface area contributed by atoms with E-state index >= 15 is 0 Å². The van der Waals surface area contributed by atoms with Crippen LogP contribution in [-0.2, 0) is 17.8 Å². The second-order valence-corrected chi connectivity index (χ2v) is 8.76. The molecule has 10 heteroatoms. The van der Waals surface area contributed by atoms with Gasteiger partial charge in [-0.25, -0.2) is 9.78 Å². The van der Waals surface area contributed by atoms with Crippen LogP contribution in [0.15, 0.2) is 47.3 Å². The van der Waals surface area contributed by atoms with Crippen LogP contribution >= 0.6 is 12.4 Å². The first-order valence-corrected chi connectivity index (χ1v) is 11.9. The number of Topliss-reactive ketones (excluding diaryl/α,β-unsaturated/α-hetero) is 1. The molecule has 1 aliphatic rings. The molecule has 36 heavy (non-hydrogen) atoms. The van der Waals surface area contributed by atoms with Crippen LogP contribution < -0.4 is 16.2 Å². The molecule has 0 spiro atoms. The molecule has 0 atom stereocenters. The molecule has 0 bridgehead atoms. The summed E-state index contributed by atoms with van der Waals surface area (Å²) in [5.41, 5.74) is 1.92. The van der Waals surface area contributed by atoms with Crippen LogP contribution in [0.25, 0.3) is 10.9 Å². The number of ether oxygens (including phenoxy) is 1. The summed E-state index contributed by atoms with van der Waals surface area (Å²) in [4.78, 5) is 44.7. The van der Waals surface area contributed by atoms with Crippen LogP contribution in [0.3, 0.4) is 0 Å². The lowest BCUT2D eigenvalue weighted by molar-refractivity contribution is 0.101. The number of rotatable bonds is 8. The maximum absolute atomic E-state index is 13.4. The van der Waals surface area contributed by atoms with Gasteiger partial charge in [-0.15, -0.1) is 12.4 Å². The number of aromatic nitrogens is 2. The Hall–Kier alpha value is -3.27. The second kappa shape index (κ2) is 12.6. The van der Waals surface area contributed by atoms with Crippen molar-refractivity contribution in [2.24, 2.45) is 0 Å². The van der Waals surface area contributed by atoms with Crippen LogP contribution in [0, 0.1) is 0 Å². The van der Waals surface area contributed by atoms with Crippen molar-refractivity contribution in [3.8, 4) is 0 Å². The number of benzene rings is 2. The van der Waals surface area contributed by atoms with Crippen molar-refractivity contribution in [2.75, 3.05) is 37.4 Å². The van der Waals surface area contributed by atoms with Gasteiger partial charge in [0, 0.05) is 24.0 Å². The second-order valence-electron chi connectivity index (χ2n) is 8.76. The van der Waals surface area contributed by atoms with E-state index in [0.29, 0.717) is 47.5 Å². The number of halogens is 1. The molecule has 0 aliphatic carbocycles. The minimum absolute atomic E-state index is 0. The van der Waals surface area contributed by atoms with E-state index in [-0.39, 0.29) is 23.7 Å². The van der Waals surface area contributed by atoms with Crippen molar-refractivity contribution < 1.29 is 14.3 Å². The smallest absolute Gasteiger partial charge is 0.323 e. The topological polar surface area (TPSA) is 106 Å². The number of carbonyl (C=O) groups excluding carboxylic acids is 2. The number of fused-ring (bicyclic) bond motifs is 1. The van der Waals surface area contributed by atoms with E-state index in [0.717, 1.165) is 31.8 Å². The Bertz CT molecular complexity index is 1290. The number of nitrogens with one attached hydrogen (secondary N) is 2. The summed E-state index contributed by atoms with van der Waals surface area (Å²) >= 11 is 0. The van der Waals surface area contributed by atoms with Gasteiger partial charge >= 0.3 is 6.03 Å². The zero-order valence-corrected chi connectivity index (χ0v) is 21.4. The van der Waals surface area contributed by atoms with Gasteiger partial charge in [0.05, 0.1) is 30.6 Å². The zero-order valence-electron chi connectivity index (χ0n) is 20.6. The molecule has 0 unspecified atom stereocenters. The first-order valence-electron chi connectivity index (χ1n) is 11.9. The lowest BCUT2D eigenvalue weighted by Gasteiger charge is -2.27. The molecule has 1 aromatic heterocycles. The fourth-order valence-corrected chi connectivity index (χ4v) is 4.31. The molecule has 1 saturated heterocycles. The number of likely N-dealkylation sites (tertiary alicyclic amines) is 1. The Morgan fingerprint density at radius 2 is 1.75 bits per heavy atom. The summed E-state index contributed by atoms with van der Waals surface area (Å²) in [5.74, 6) is 0.644. The van der Waals surface area contributed by atoms with Gasteiger partial charge in [-0.2, -0.15) is 0 Å². The highest BCUT2D eigenvalue weighted by molar-refractivity contribution is 6.02. The predicted octanol–water partition coefficient (Wildman–Crippen LogP) is 4.30. The van der Waals surface area contributed by atoms with E-state index in [9.17, 15) is 14.4 Å². The van der Waals surface area contributed by atoms with Crippen molar-refractivity contribution in [3.63, 3.8) is 0 Å². The Balaban J connectivity index is 0.00000361. The summed E-state index contributed by atoms with van der Waals surface area (Å²) in [6, 6.07) is 11.4. The molecule has 2 amide bonds. The first-order chi connectivity index (χ1) is 16.9. The third-order valence-corrected chi connectivity index (χ3v) is 6.15. The molecule has 9 nitrogen and oxygen atoms in total. The number of urea groups is 1. The van der Waals surface area contributed by atoms with Crippen molar-refractivity contribution in [1.82, 2.24) is 14.5 Å². The monoisotopic (exact) mass is 513 g/mol. The van der Waals surface area contributed by atoms with Crippen molar-refractivity contribution >= 4 is 46.5 Å². The summed E-state index contributed by atoms with van der Waals surface area (Å²) in [6.07, 6.45) is 3.56. The Morgan fingerprint density at radius 1 is 1.03 bits per heavy atom. The van der Waals surface area contributed by atoms with Crippen LogP contribution in [0.5, 0.6) is 0 Å². The Kier molecular flexibility index (Phi) is 9.58. The van der Waals surface area contributed by atoms with Crippen LogP contribution in [0.1, 0.15) is 42.4 Å². The third-order valence-electron chi connectivity index (χ3n) is 6.15. The van der Waals surface area contributed by atoms with Crippen LogP contribution in [0.2, 0.25) is 0 Å². The quantitative estimate of drug-likeness (QED) is 0.435. The van der Waals surface area contributed by atoms with Crippen molar-refractivity contribution in [1.29, 1.82) is 0 Å². The number of hydrogen-bond donors (Lipinski definition) is 2. The van der Waals surface area contributed by atoms with Gasteiger partial charge < -0.3 is 15.4 Å². The van der Waals surface area contributed by atoms with Gasteiger partial charge in [-0.3, -0.25) is 19.1 Å². The first kappa shape index (κ1) is 27.3. The van der Waals surface area contributed by atoms with E-state index in [1.807, 2.05) is 0 Å². The Labute approximate surface area is 216 Å². The predicted molar refractivity (Wildman–Crippen MR) is 143 cm³/mol. The van der Waals surface area contributed by atoms with E-state index in [2.05, 4.69) is 15.5 Å². The molecule has 192 valence electrons. The molecule has 0 saturated carbocycles. The summed E-state index contributed by atoms with van der Waals surface area (Å²) < 4.78 is 6.90. The number of ketones is 1. The minimum Gasteiger partial charge on any atom is -0.383 e. The largest absolute Gasteiger partial charge is 0.383 e. The summed E-state index contributed by atoms with van der Waals surface area (Å²) in [5, 5.41) is 5.91. The van der Waals surface area contributed by atoms with E-state index < -0.39 is 6.03 Å². The maximum atomic E-state index is 13.4. The van der Waals surface area contributed by atoms with E-state index in [1.165, 1.54) is 13.3 Å². The molecule has 2 N–H and O–H groups in total. The number of piperidine rings is 1. The van der Waals surface area contributed by atoms with Crippen LogP contribution in [-0.4, -0.2) is 53.1 Å².